The number of esters is 1. The molecule has 0 saturated carbocycles. The summed E-state index contributed by atoms with van der Waals surface area (Å²) in [5.74, 6) is -1.49. The molecule has 2 aromatic carbocycles. The van der Waals surface area contributed by atoms with Crippen molar-refractivity contribution >= 4 is 23.5 Å². The van der Waals surface area contributed by atoms with Crippen LogP contribution in [0.15, 0.2) is 48.5 Å². The smallest absolute Gasteiger partial charge is 0.340 e. The van der Waals surface area contributed by atoms with Crippen LogP contribution in [0, 0.1) is 34.6 Å². The van der Waals surface area contributed by atoms with Crippen LogP contribution in [-0.4, -0.2) is 35.5 Å². The summed E-state index contributed by atoms with van der Waals surface area (Å²) in [6.45, 7) is 8.94. The molecule has 172 valence electrons. The summed E-state index contributed by atoms with van der Waals surface area (Å²) < 4.78 is 7.15. The fraction of sp³-hybridized carbons (Fsp3) is 0.269. The highest BCUT2D eigenvalue weighted by Gasteiger charge is 2.19. The number of aromatic nitrogens is 1. The van der Waals surface area contributed by atoms with Gasteiger partial charge in [0.25, 0.3) is 5.91 Å². The van der Waals surface area contributed by atoms with E-state index in [1.165, 1.54) is 0 Å². The van der Waals surface area contributed by atoms with E-state index in [-0.39, 0.29) is 12.5 Å². The van der Waals surface area contributed by atoms with Crippen LogP contribution >= 0.6 is 0 Å². The minimum absolute atomic E-state index is 0.217. The molecule has 1 heterocycles. The van der Waals surface area contributed by atoms with Crippen molar-refractivity contribution in [3.05, 3.63) is 82.2 Å². The maximum Gasteiger partial charge on any atom is 0.340 e. The maximum absolute atomic E-state index is 12.6. The third kappa shape index (κ3) is 5.68. The van der Waals surface area contributed by atoms with Crippen LogP contribution in [0.25, 0.3) is 5.69 Å². The number of ether oxygens (including phenoxy) is 1. The number of hydrogen-bond donors (Lipinski definition) is 2. The van der Waals surface area contributed by atoms with Crippen LogP contribution in [-0.2, 0) is 14.3 Å². The minimum Gasteiger partial charge on any atom is -0.452 e. The van der Waals surface area contributed by atoms with Gasteiger partial charge in [-0.05, 0) is 70.0 Å². The Labute approximate surface area is 193 Å². The minimum atomic E-state index is -0.587. The molecule has 2 N–H and O–H groups in total. The third-order valence-corrected chi connectivity index (χ3v) is 5.60. The normalized spacial score (nSPS) is 10.6. The molecule has 1 aromatic heterocycles. The van der Waals surface area contributed by atoms with Crippen LogP contribution in [0.5, 0.6) is 0 Å². The zero-order valence-electron chi connectivity index (χ0n) is 19.6. The molecule has 0 saturated heterocycles. The van der Waals surface area contributed by atoms with Gasteiger partial charge in [-0.15, -0.1) is 0 Å². The number of nitrogens with one attached hydrogen (secondary N) is 2. The topological polar surface area (TPSA) is 89.4 Å². The lowest BCUT2D eigenvalue weighted by Gasteiger charge is -2.11. The van der Waals surface area contributed by atoms with Crippen molar-refractivity contribution in [3.8, 4) is 5.69 Å². The van der Waals surface area contributed by atoms with E-state index in [2.05, 4.69) is 10.6 Å². The van der Waals surface area contributed by atoms with E-state index in [1.807, 2.05) is 75.6 Å². The SMILES string of the molecule is Cc1ccc(-n2c(C)cc(C(=O)OCC(=O)NCC(=O)Nc3cccc(C)c3C)c2C)cc1. The van der Waals surface area contributed by atoms with E-state index in [4.69, 9.17) is 4.74 Å². The molecular weight excluding hydrogens is 418 g/mol. The highest BCUT2D eigenvalue weighted by atomic mass is 16.5. The van der Waals surface area contributed by atoms with Gasteiger partial charge in [-0.2, -0.15) is 0 Å². The van der Waals surface area contributed by atoms with E-state index in [0.717, 1.165) is 33.8 Å². The first-order chi connectivity index (χ1) is 15.7. The highest BCUT2D eigenvalue weighted by molar-refractivity contribution is 5.96. The fourth-order valence-corrected chi connectivity index (χ4v) is 3.58. The van der Waals surface area contributed by atoms with Crippen LogP contribution in [0.4, 0.5) is 5.69 Å². The van der Waals surface area contributed by atoms with Gasteiger partial charge in [-0.25, -0.2) is 4.79 Å². The van der Waals surface area contributed by atoms with Crippen molar-refractivity contribution in [3.63, 3.8) is 0 Å². The predicted octanol–water partition coefficient (Wildman–Crippen LogP) is 3.93. The van der Waals surface area contributed by atoms with Gasteiger partial charge in [0, 0.05) is 22.8 Å². The number of rotatable bonds is 7. The second kappa shape index (κ2) is 10.2. The quantitative estimate of drug-likeness (QED) is 0.537. The fourth-order valence-electron chi connectivity index (χ4n) is 3.58. The molecule has 0 unspecified atom stereocenters. The molecule has 7 heteroatoms. The number of carbonyl (C=O) groups is 3. The van der Waals surface area contributed by atoms with E-state index in [9.17, 15) is 14.4 Å². The first-order valence-electron chi connectivity index (χ1n) is 10.7. The lowest BCUT2D eigenvalue weighted by Crippen LogP contribution is -2.35. The van der Waals surface area contributed by atoms with Crippen molar-refractivity contribution in [2.24, 2.45) is 0 Å². The maximum atomic E-state index is 12.6. The third-order valence-electron chi connectivity index (χ3n) is 5.60. The molecule has 2 amide bonds. The van der Waals surface area contributed by atoms with Crippen LogP contribution in [0.3, 0.4) is 0 Å². The van der Waals surface area contributed by atoms with Crippen molar-refractivity contribution in [2.45, 2.75) is 34.6 Å². The Morgan fingerprint density at radius 1 is 0.909 bits per heavy atom. The Balaban J connectivity index is 1.54. The summed E-state index contributed by atoms with van der Waals surface area (Å²) in [4.78, 5) is 36.8. The molecule has 3 rings (SSSR count). The van der Waals surface area contributed by atoms with Gasteiger partial charge in [0.1, 0.15) is 0 Å². The highest BCUT2D eigenvalue weighted by Crippen LogP contribution is 2.22. The second-order valence-corrected chi connectivity index (χ2v) is 8.10. The zero-order valence-corrected chi connectivity index (χ0v) is 19.6. The van der Waals surface area contributed by atoms with Crippen molar-refractivity contribution in [2.75, 3.05) is 18.5 Å². The van der Waals surface area contributed by atoms with Gasteiger partial charge in [-0.3, -0.25) is 9.59 Å². The molecule has 0 bridgehead atoms. The molecule has 0 aliphatic carbocycles. The molecule has 3 aromatic rings. The summed E-state index contributed by atoms with van der Waals surface area (Å²) >= 11 is 0. The molecule has 0 radical (unpaired) electrons. The first kappa shape index (κ1) is 23.8. The number of aryl methyl sites for hydroxylation is 3. The molecule has 7 nitrogen and oxygen atoms in total. The van der Waals surface area contributed by atoms with Crippen molar-refractivity contribution in [1.29, 1.82) is 0 Å². The average molecular weight is 448 g/mol. The van der Waals surface area contributed by atoms with Gasteiger partial charge in [0.05, 0.1) is 12.1 Å². The largest absolute Gasteiger partial charge is 0.452 e. The zero-order chi connectivity index (χ0) is 24.1. The number of nitrogens with zero attached hydrogens (tertiary/aromatic N) is 1. The molecule has 0 spiro atoms. The van der Waals surface area contributed by atoms with Gasteiger partial charge in [0.2, 0.25) is 5.91 Å². The standard InChI is InChI=1S/C26H29N3O4/c1-16-9-11-21(12-10-16)29-18(3)13-22(20(29)5)26(32)33-15-25(31)27-14-24(30)28-23-8-6-7-17(2)19(23)4/h6-13H,14-15H2,1-5H3,(H,27,31)(H,28,30). The lowest BCUT2D eigenvalue weighted by molar-refractivity contribution is -0.126. The monoisotopic (exact) mass is 447 g/mol. The van der Waals surface area contributed by atoms with Crippen LogP contribution in [0.1, 0.15) is 38.4 Å². The molecule has 0 atom stereocenters. The molecule has 0 aliphatic heterocycles. The predicted molar refractivity (Wildman–Crippen MR) is 128 cm³/mol. The lowest BCUT2D eigenvalue weighted by atomic mass is 10.1. The molecule has 0 aliphatic rings. The number of benzene rings is 2. The average Bonchev–Trinajstić information content (AvgIpc) is 3.08. The number of anilines is 1. The summed E-state index contributed by atoms with van der Waals surface area (Å²) in [5, 5.41) is 5.24. The Morgan fingerprint density at radius 2 is 1.61 bits per heavy atom. The van der Waals surface area contributed by atoms with Crippen molar-refractivity contribution in [1.82, 2.24) is 9.88 Å². The Hall–Kier alpha value is -3.87. The van der Waals surface area contributed by atoms with E-state index in [1.54, 1.807) is 12.1 Å². The Bertz CT molecular complexity index is 1190. The summed E-state index contributed by atoms with van der Waals surface area (Å²) in [6.07, 6.45) is 0. The second-order valence-electron chi connectivity index (χ2n) is 8.10. The van der Waals surface area contributed by atoms with E-state index in [0.29, 0.717) is 11.3 Å². The number of amides is 2. The van der Waals surface area contributed by atoms with Crippen LogP contribution in [0.2, 0.25) is 0 Å². The first-order valence-corrected chi connectivity index (χ1v) is 10.7. The summed E-state index contributed by atoms with van der Waals surface area (Å²) in [5.41, 5.74) is 6.83. The Morgan fingerprint density at radius 3 is 2.30 bits per heavy atom. The molecule has 33 heavy (non-hydrogen) atoms. The summed E-state index contributed by atoms with van der Waals surface area (Å²) in [7, 11) is 0. The molecule has 0 fully saturated rings. The Kier molecular flexibility index (Phi) is 7.33. The van der Waals surface area contributed by atoms with E-state index < -0.39 is 18.5 Å². The number of carbonyl (C=O) groups excluding carboxylic acids is 3. The van der Waals surface area contributed by atoms with Gasteiger partial charge in [0.15, 0.2) is 6.61 Å². The number of hydrogen-bond acceptors (Lipinski definition) is 4. The van der Waals surface area contributed by atoms with Crippen LogP contribution < -0.4 is 10.6 Å². The molecular formula is C26H29N3O4. The van der Waals surface area contributed by atoms with Gasteiger partial charge >= 0.3 is 5.97 Å². The van der Waals surface area contributed by atoms with E-state index >= 15 is 0 Å². The van der Waals surface area contributed by atoms with Gasteiger partial charge in [-0.1, -0.05) is 29.8 Å². The summed E-state index contributed by atoms with van der Waals surface area (Å²) in [6, 6.07) is 15.3. The van der Waals surface area contributed by atoms with Gasteiger partial charge < -0.3 is 19.9 Å². The van der Waals surface area contributed by atoms with Crippen molar-refractivity contribution < 1.29 is 19.1 Å².